The summed E-state index contributed by atoms with van der Waals surface area (Å²) in [4.78, 5) is 26.7. The third-order valence-corrected chi connectivity index (χ3v) is 2.71. The summed E-state index contributed by atoms with van der Waals surface area (Å²) in [5, 5.41) is 3.80. The third kappa shape index (κ3) is 2.28. The van der Waals surface area contributed by atoms with Crippen LogP contribution in [-0.2, 0) is 0 Å². The van der Waals surface area contributed by atoms with Crippen molar-refractivity contribution in [3.05, 3.63) is 52.6 Å². The number of aryl methyl sites for hydroxylation is 1. The Bertz CT molecular complexity index is 782. The summed E-state index contributed by atoms with van der Waals surface area (Å²) in [5.41, 5.74) is 1.19. The fraction of sp³-hybridized carbons (Fsp3) is 0.0769. The van der Waals surface area contributed by atoms with E-state index in [9.17, 15) is 4.79 Å². The van der Waals surface area contributed by atoms with Crippen molar-refractivity contribution in [3.8, 4) is 0 Å². The zero-order chi connectivity index (χ0) is 13.2. The van der Waals surface area contributed by atoms with Crippen LogP contribution in [0.3, 0.4) is 0 Å². The molecule has 0 aliphatic carbocycles. The van der Waals surface area contributed by atoms with E-state index in [1.807, 2.05) is 25.1 Å². The van der Waals surface area contributed by atoms with Crippen LogP contribution >= 0.6 is 0 Å². The van der Waals surface area contributed by atoms with Crippen LogP contribution in [0.25, 0.3) is 11.0 Å². The highest BCUT2D eigenvalue weighted by atomic mass is 16.1. The summed E-state index contributed by atoms with van der Waals surface area (Å²) < 4.78 is 0. The van der Waals surface area contributed by atoms with Gasteiger partial charge in [-0.25, -0.2) is 9.97 Å². The molecule has 3 aromatic rings. The van der Waals surface area contributed by atoms with Crippen molar-refractivity contribution in [2.24, 2.45) is 0 Å². The Hall–Kier alpha value is -2.76. The van der Waals surface area contributed by atoms with E-state index in [1.54, 1.807) is 12.4 Å². The average Bonchev–Trinajstić information content (AvgIpc) is 2.39. The highest BCUT2D eigenvalue weighted by Gasteiger charge is 2.04. The van der Waals surface area contributed by atoms with Gasteiger partial charge in [0.05, 0.1) is 0 Å². The highest BCUT2D eigenvalue weighted by molar-refractivity contribution is 5.78. The molecule has 0 amide bonds. The molecule has 6 heteroatoms. The van der Waals surface area contributed by atoms with Crippen LogP contribution in [0.2, 0.25) is 0 Å². The van der Waals surface area contributed by atoms with Gasteiger partial charge < -0.3 is 10.3 Å². The van der Waals surface area contributed by atoms with Crippen LogP contribution in [0.5, 0.6) is 0 Å². The standard InChI is InChI=1S/C13H11N5O/c1-8-6-11(19)17-12-9(8)7-15-13(18-12)16-10-4-2-3-5-14-10/h2-7H,1H3,(H2,14,15,16,17,18,19). The number of H-pyrrole nitrogens is 1. The van der Waals surface area contributed by atoms with Crippen molar-refractivity contribution in [2.75, 3.05) is 5.32 Å². The molecular weight excluding hydrogens is 242 g/mol. The molecule has 3 heterocycles. The smallest absolute Gasteiger partial charge is 0.249 e. The molecule has 0 bridgehead atoms. The van der Waals surface area contributed by atoms with E-state index >= 15 is 0 Å². The summed E-state index contributed by atoms with van der Waals surface area (Å²) in [6.45, 7) is 1.85. The zero-order valence-corrected chi connectivity index (χ0v) is 10.2. The fourth-order valence-electron chi connectivity index (χ4n) is 1.80. The SMILES string of the molecule is Cc1cc(=O)[nH]c2nc(Nc3ccccn3)ncc12. The lowest BCUT2D eigenvalue weighted by Gasteiger charge is -2.05. The summed E-state index contributed by atoms with van der Waals surface area (Å²) in [5.74, 6) is 1.05. The van der Waals surface area contributed by atoms with Crippen molar-refractivity contribution in [1.82, 2.24) is 19.9 Å². The molecule has 0 fully saturated rings. The second-order valence-electron chi connectivity index (χ2n) is 4.11. The van der Waals surface area contributed by atoms with Gasteiger partial charge in [-0.05, 0) is 24.6 Å². The Morgan fingerprint density at radius 2 is 2.16 bits per heavy atom. The van der Waals surface area contributed by atoms with E-state index in [4.69, 9.17) is 0 Å². The first-order valence-electron chi connectivity index (χ1n) is 5.77. The number of fused-ring (bicyclic) bond motifs is 1. The molecule has 3 aromatic heterocycles. The number of pyridine rings is 2. The van der Waals surface area contributed by atoms with Gasteiger partial charge in [0.15, 0.2) is 0 Å². The molecule has 0 radical (unpaired) electrons. The van der Waals surface area contributed by atoms with Crippen LogP contribution in [-0.4, -0.2) is 19.9 Å². The van der Waals surface area contributed by atoms with Crippen molar-refractivity contribution < 1.29 is 0 Å². The van der Waals surface area contributed by atoms with Gasteiger partial charge >= 0.3 is 0 Å². The zero-order valence-electron chi connectivity index (χ0n) is 10.2. The summed E-state index contributed by atoms with van der Waals surface area (Å²) in [7, 11) is 0. The second-order valence-corrected chi connectivity index (χ2v) is 4.11. The molecule has 0 saturated carbocycles. The van der Waals surface area contributed by atoms with Crippen molar-refractivity contribution in [2.45, 2.75) is 6.92 Å². The van der Waals surface area contributed by atoms with Gasteiger partial charge in [0.2, 0.25) is 11.5 Å². The number of hydrogen-bond acceptors (Lipinski definition) is 5. The molecule has 94 valence electrons. The summed E-state index contributed by atoms with van der Waals surface area (Å²) in [6.07, 6.45) is 3.36. The maximum absolute atomic E-state index is 11.4. The van der Waals surface area contributed by atoms with Crippen molar-refractivity contribution >= 4 is 22.8 Å². The molecule has 0 aliphatic heterocycles. The van der Waals surface area contributed by atoms with Crippen LogP contribution in [0.15, 0.2) is 41.5 Å². The highest BCUT2D eigenvalue weighted by Crippen LogP contribution is 2.14. The Balaban J connectivity index is 2.05. The van der Waals surface area contributed by atoms with E-state index in [1.165, 1.54) is 6.07 Å². The lowest BCUT2D eigenvalue weighted by atomic mass is 10.2. The van der Waals surface area contributed by atoms with E-state index in [0.717, 1.165) is 10.9 Å². The maximum atomic E-state index is 11.4. The minimum atomic E-state index is -0.174. The predicted octanol–water partition coefficient (Wildman–Crippen LogP) is 1.77. The molecule has 3 rings (SSSR count). The van der Waals surface area contributed by atoms with E-state index < -0.39 is 0 Å². The molecule has 0 spiro atoms. The summed E-state index contributed by atoms with van der Waals surface area (Å²) in [6, 6.07) is 7.03. The molecule has 0 aromatic carbocycles. The number of aromatic nitrogens is 4. The number of aromatic amines is 1. The molecule has 0 atom stereocenters. The number of nitrogens with one attached hydrogen (secondary N) is 2. The number of anilines is 2. The Kier molecular flexibility index (Phi) is 2.68. The Morgan fingerprint density at radius 1 is 1.26 bits per heavy atom. The molecule has 2 N–H and O–H groups in total. The Labute approximate surface area is 108 Å². The number of hydrogen-bond donors (Lipinski definition) is 2. The number of rotatable bonds is 2. The van der Waals surface area contributed by atoms with Gasteiger partial charge in [-0.15, -0.1) is 0 Å². The predicted molar refractivity (Wildman–Crippen MR) is 72.4 cm³/mol. The average molecular weight is 253 g/mol. The second kappa shape index (κ2) is 4.49. The minimum absolute atomic E-state index is 0.174. The molecule has 0 saturated heterocycles. The maximum Gasteiger partial charge on any atom is 0.249 e. The molecular formula is C13H11N5O. The first kappa shape index (κ1) is 11.3. The largest absolute Gasteiger partial charge is 0.309 e. The van der Waals surface area contributed by atoms with E-state index in [0.29, 0.717) is 17.4 Å². The van der Waals surface area contributed by atoms with Gasteiger partial charge in [-0.1, -0.05) is 6.07 Å². The van der Waals surface area contributed by atoms with Gasteiger partial charge in [-0.3, -0.25) is 4.79 Å². The topological polar surface area (TPSA) is 83.6 Å². The van der Waals surface area contributed by atoms with Gasteiger partial charge in [-0.2, -0.15) is 4.98 Å². The number of nitrogens with zero attached hydrogens (tertiary/aromatic N) is 3. The first-order valence-corrected chi connectivity index (χ1v) is 5.77. The Morgan fingerprint density at radius 3 is 2.95 bits per heavy atom. The van der Waals surface area contributed by atoms with Crippen LogP contribution < -0.4 is 10.9 Å². The molecule has 19 heavy (non-hydrogen) atoms. The van der Waals surface area contributed by atoms with Crippen LogP contribution in [0.4, 0.5) is 11.8 Å². The normalized spacial score (nSPS) is 10.6. The monoisotopic (exact) mass is 253 g/mol. The van der Waals surface area contributed by atoms with Gasteiger partial charge in [0, 0.05) is 23.8 Å². The van der Waals surface area contributed by atoms with Crippen molar-refractivity contribution in [1.29, 1.82) is 0 Å². The fourth-order valence-corrected chi connectivity index (χ4v) is 1.80. The summed E-state index contributed by atoms with van der Waals surface area (Å²) >= 11 is 0. The van der Waals surface area contributed by atoms with E-state index in [2.05, 4.69) is 25.3 Å². The van der Waals surface area contributed by atoms with E-state index in [-0.39, 0.29) is 5.56 Å². The van der Waals surface area contributed by atoms with Crippen LogP contribution in [0, 0.1) is 6.92 Å². The molecule has 0 aliphatic rings. The molecule has 0 unspecified atom stereocenters. The minimum Gasteiger partial charge on any atom is -0.309 e. The quantitative estimate of drug-likeness (QED) is 0.727. The molecule has 6 nitrogen and oxygen atoms in total. The van der Waals surface area contributed by atoms with Gasteiger partial charge in [0.25, 0.3) is 0 Å². The van der Waals surface area contributed by atoms with Gasteiger partial charge in [0.1, 0.15) is 11.5 Å². The van der Waals surface area contributed by atoms with Crippen molar-refractivity contribution in [3.63, 3.8) is 0 Å². The van der Waals surface area contributed by atoms with Crippen LogP contribution in [0.1, 0.15) is 5.56 Å². The lowest BCUT2D eigenvalue weighted by molar-refractivity contribution is 1.14. The third-order valence-electron chi connectivity index (χ3n) is 2.71. The lowest BCUT2D eigenvalue weighted by Crippen LogP contribution is -2.07. The first-order chi connectivity index (χ1) is 9.22.